The van der Waals surface area contributed by atoms with Gasteiger partial charge in [0.15, 0.2) is 11.2 Å². The van der Waals surface area contributed by atoms with Crippen molar-refractivity contribution in [2.75, 3.05) is 13.2 Å². The van der Waals surface area contributed by atoms with Gasteiger partial charge in [-0.3, -0.25) is 14.4 Å². The van der Waals surface area contributed by atoms with Crippen molar-refractivity contribution in [1.82, 2.24) is 0 Å². The van der Waals surface area contributed by atoms with E-state index in [1.165, 1.54) is 0 Å². The van der Waals surface area contributed by atoms with E-state index in [2.05, 4.69) is 0 Å². The third kappa shape index (κ3) is 4.40. The minimum Gasteiger partial charge on any atom is -0.465 e. The molecule has 0 spiro atoms. The molecule has 1 unspecified atom stereocenters. The van der Waals surface area contributed by atoms with Crippen LogP contribution in [-0.2, 0) is 19.1 Å². The van der Waals surface area contributed by atoms with E-state index in [1.807, 2.05) is 32.0 Å². The molecule has 0 heterocycles. The molecule has 0 saturated heterocycles. The number of esters is 2. The van der Waals surface area contributed by atoms with E-state index < -0.39 is 23.3 Å². The van der Waals surface area contributed by atoms with Gasteiger partial charge in [0, 0.05) is 11.5 Å². The Labute approximate surface area is 161 Å². The lowest BCUT2D eigenvalue weighted by Crippen LogP contribution is -2.45. The predicted octanol–water partition coefficient (Wildman–Crippen LogP) is 4.20. The minimum atomic E-state index is -1.42. The molecule has 0 N–H and O–H groups in total. The molecule has 1 atom stereocenters. The maximum absolute atomic E-state index is 13.3. The number of ketones is 1. The fourth-order valence-electron chi connectivity index (χ4n) is 3.99. The van der Waals surface area contributed by atoms with Crippen LogP contribution in [0.1, 0.15) is 63.7 Å². The maximum atomic E-state index is 13.3. The molecule has 5 nitrogen and oxygen atoms in total. The van der Waals surface area contributed by atoms with Crippen LogP contribution in [-0.4, -0.2) is 30.9 Å². The normalized spacial score (nSPS) is 21.0. The fourth-order valence-corrected chi connectivity index (χ4v) is 3.99. The van der Waals surface area contributed by atoms with Gasteiger partial charge < -0.3 is 9.47 Å². The number of benzene rings is 1. The summed E-state index contributed by atoms with van der Waals surface area (Å²) < 4.78 is 10.5. The molecule has 1 fully saturated rings. The van der Waals surface area contributed by atoms with E-state index in [4.69, 9.17) is 9.47 Å². The SMILES string of the molecule is CCOC(=O)C1(C(=O)OCC)CCCC(C)(C)C(C(=O)c2ccccc2)C1. The van der Waals surface area contributed by atoms with Crippen LogP contribution >= 0.6 is 0 Å². The third-order valence-electron chi connectivity index (χ3n) is 5.63. The summed E-state index contributed by atoms with van der Waals surface area (Å²) in [7, 11) is 0. The predicted molar refractivity (Wildman–Crippen MR) is 102 cm³/mol. The van der Waals surface area contributed by atoms with Crippen molar-refractivity contribution < 1.29 is 23.9 Å². The summed E-state index contributed by atoms with van der Waals surface area (Å²) in [5, 5.41) is 0. The van der Waals surface area contributed by atoms with Gasteiger partial charge in [0.2, 0.25) is 0 Å². The Kier molecular flexibility index (Phi) is 6.79. The van der Waals surface area contributed by atoms with Gasteiger partial charge in [0.25, 0.3) is 0 Å². The van der Waals surface area contributed by atoms with Crippen LogP contribution in [0.25, 0.3) is 0 Å². The van der Waals surface area contributed by atoms with Crippen molar-refractivity contribution in [3.05, 3.63) is 35.9 Å². The molecule has 27 heavy (non-hydrogen) atoms. The lowest BCUT2D eigenvalue weighted by molar-refractivity contribution is -0.174. The van der Waals surface area contributed by atoms with Gasteiger partial charge in [-0.25, -0.2) is 0 Å². The van der Waals surface area contributed by atoms with Crippen LogP contribution in [0.4, 0.5) is 0 Å². The molecule has 1 aliphatic carbocycles. The highest BCUT2D eigenvalue weighted by Crippen LogP contribution is 2.49. The first-order valence-corrected chi connectivity index (χ1v) is 9.72. The fraction of sp³-hybridized carbons (Fsp3) is 0.591. The Hall–Kier alpha value is -2.17. The van der Waals surface area contributed by atoms with Crippen LogP contribution in [0.15, 0.2) is 30.3 Å². The Bertz CT molecular complexity index is 659. The second-order valence-corrected chi connectivity index (χ2v) is 7.85. The highest BCUT2D eigenvalue weighted by atomic mass is 16.6. The smallest absolute Gasteiger partial charge is 0.323 e. The zero-order chi connectivity index (χ0) is 20.1. The summed E-state index contributed by atoms with van der Waals surface area (Å²) in [4.78, 5) is 39.1. The van der Waals surface area contributed by atoms with Crippen molar-refractivity contribution in [3.63, 3.8) is 0 Å². The first-order chi connectivity index (χ1) is 12.8. The number of hydrogen-bond donors (Lipinski definition) is 0. The van der Waals surface area contributed by atoms with Crippen LogP contribution < -0.4 is 0 Å². The topological polar surface area (TPSA) is 69.7 Å². The van der Waals surface area contributed by atoms with Gasteiger partial charge in [-0.2, -0.15) is 0 Å². The van der Waals surface area contributed by atoms with Crippen LogP contribution in [0.3, 0.4) is 0 Å². The van der Waals surface area contributed by atoms with Crippen molar-refractivity contribution in [1.29, 1.82) is 0 Å². The summed E-state index contributed by atoms with van der Waals surface area (Å²) >= 11 is 0. The average Bonchev–Trinajstić information content (AvgIpc) is 2.79. The van der Waals surface area contributed by atoms with Gasteiger partial charge in [0.05, 0.1) is 13.2 Å². The highest BCUT2D eigenvalue weighted by molar-refractivity contribution is 6.03. The van der Waals surface area contributed by atoms with Crippen LogP contribution in [0.5, 0.6) is 0 Å². The molecule has 0 aliphatic heterocycles. The van der Waals surface area contributed by atoms with E-state index >= 15 is 0 Å². The standard InChI is InChI=1S/C22H30O5/c1-5-26-19(24)22(20(25)27-6-2)14-10-13-21(3,4)17(15-22)18(23)16-11-8-7-9-12-16/h7-9,11-12,17H,5-6,10,13-15H2,1-4H3. The zero-order valence-electron chi connectivity index (χ0n) is 16.7. The van der Waals surface area contributed by atoms with Crippen LogP contribution in [0.2, 0.25) is 0 Å². The number of rotatable bonds is 6. The van der Waals surface area contributed by atoms with E-state index in [-0.39, 0.29) is 30.8 Å². The minimum absolute atomic E-state index is 0.0412. The molecule has 1 aromatic carbocycles. The van der Waals surface area contributed by atoms with Crippen molar-refractivity contribution in [3.8, 4) is 0 Å². The van der Waals surface area contributed by atoms with Crippen molar-refractivity contribution in [2.45, 2.75) is 53.4 Å². The number of ether oxygens (including phenoxy) is 2. The second kappa shape index (κ2) is 8.68. The monoisotopic (exact) mass is 374 g/mol. The molecule has 1 aromatic rings. The first kappa shape index (κ1) is 21.1. The molecule has 1 aliphatic rings. The zero-order valence-corrected chi connectivity index (χ0v) is 16.7. The van der Waals surface area contributed by atoms with Gasteiger partial charge >= 0.3 is 11.9 Å². The molecular formula is C22H30O5. The molecule has 148 valence electrons. The first-order valence-electron chi connectivity index (χ1n) is 9.72. The molecule has 0 radical (unpaired) electrons. The van der Waals surface area contributed by atoms with Crippen molar-refractivity contribution >= 4 is 17.7 Å². The largest absolute Gasteiger partial charge is 0.465 e. The summed E-state index contributed by atoms with van der Waals surface area (Å²) in [6, 6.07) is 9.05. The molecular weight excluding hydrogens is 344 g/mol. The maximum Gasteiger partial charge on any atom is 0.323 e. The van der Waals surface area contributed by atoms with Gasteiger partial charge in [-0.15, -0.1) is 0 Å². The molecule has 1 saturated carbocycles. The molecule has 0 amide bonds. The number of carbonyl (C=O) groups is 3. The number of carbonyl (C=O) groups excluding carboxylic acids is 3. The quantitative estimate of drug-likeness (QED) is 0.323. The van der Waals surface area contributed by atoms with Crippen LogP contribution in [0, 0.1) is 16.7 Å². The van der Waals surface area contributed by atoms with Gasteiger partial charge in [0.1, 0.15) is 0 Å². The Morgan fingerprint density at radius 1 is 0.963 bits per heavy atom. The van der Waals surface area contributed by atoms with E-state index in [1.54, 1.807) is 26.0 Å². The van der Waals surface area contributed by atoms with Gasteiger partial charge in [-0.1, -0.05) is 50.6 Å². The molecule has 5 heteroatoms. The summed E-state index contributed by atoms with van der Waals surface area (Å²) in [6.45, 7) is 7.85. The molecule has 2 rings (SSSR count). The number of hydrogen-bond acceptors (Lipinski definition) is 5. The highest BCUT2D eigenvalue weighted by Gasteiger charge is 2.55. The Morgan fingerprint density at radius 2 is 1.52 bits per heavy atom. The average molecular weight is 374 g/mol. The van der Waals surface area contributed by atoms with E-state index in [0.717, 1.165) is 6.42 Å². The third-order valence-corrected chi connectivity index (χ3v) is 5.63. The molecule has 0 bridgehead atoms. The summed E-state index contributed by atoms with van der Waals surface area (Å²) in [5.74, 6) is -1.67. The van der Waals surface area contributed by atoms with Crippen molar-refractivity contribution in [2.24, 2.45) is 16.7 Å². The van der Waals surface area contributed by atoms with E-state index in [0.29, 0.717) is 18.4 Å². The lowest BCUT2D eigenvalue weighted by atomic mass is 9.68. The summed E-state index contributed by atoms with van der Waals surface area (Å²) in [6.07, 6.45) is 1.86. The lowest BCUT2D eigenvalue weighted by Gasteiger charge is -2.35. The van der Waals surface area contributed by atoms with E-state index in [9.17, 15) is 14.4 Å². The number of Topliss-reactive ketones (excluding diaryl/α,β-unsaturated/α-hetero) is 1. The second-order valence-electron chi connectivity index (χ2n) is 7.85. The molecule has 0 aromatic heterocycles. The Balaban J connectivity index is 2.48. The summed E-state index contributed by atoms with van der Waals surface area (Å²) in [5.41, 5.74) is -1.16. The van der Waals surface area contributed by atoms with Gasteiger partial charge in [-0.05, 0) is 38.5 Å². The Morgan fingerprint density at radius 3 is 2.04 bits per heavy atom.